The number of benzene rings is 1. The van der Waals surface area contributed by atoms with Crippen molar-refractivity contribution in [1.29, 1.82) is 0 Å². The quantitative estimate of drug-likeness (QED) is 0.865. The number of allylic oxidation sites excluding steroid dienone is 1. The van der Waals surface area contributed by atoms with Crippen molar-refractivity contribution in [1.82, 2.24) is 0 Å². The second-order valence-corrected chi connectivity index (χ2v) is 4.75. The molecule has 0 aliphatic heterocycles. The highest BCUT2D eigenvalue weighted by Gasteiger charge is 2.41. The molecule has 1 aliphatic carbocycles. The van der Waals surface area contributed by atoms with Gasteiger partial charge in [-0.25, -0.2) is 0 Å². The van der Waals surface area contributed by atoms with Gasteiger partial charge in [-0.05, 0) is 32.3 Å². The van der Waals surface area contributed by atoms with Gasteiger partial charge in [-0.15, -0.1) is 0 Å². The van der Waals surface area contributed by atoms with Crippen molar-refractivity contribution in [2.75, 3.05) is 0 Å². The van der Waals surface area contributed by atoms with Gasteiger partial charge in [0.2, 0.25) is 0 Å². The smallest absolute Gasteiger partial charge is 0.307 e. The molecule has 1 aromatic rings. The monoisotopic (exact) mass is 246 g/mol. The number of hydrogen-bond acceptors (Lipinski definition) is 2. The van der Waals surface area contributed by atoms with Crippen molar-refractivity contribution in [2.24, 2.45) is 0 Å². The first-order chi connectivity index (χ1) is 8.65. The summed E-state index contributed by atoms with van der Waals surface area (Å²) in [6.45, 7) is 1.95. The number of carboxylic acid groups (broad SMARTS) is 1. The molecule has 0 unspecified atom stereocenters. The minimum atomic E-state index is -0.793. The summed E-state index contributed by atoms with van der Waals surface area (Å²) in [6.07, 6.45) is 6.69. The third-order valence-electron chi connectivity index (χ3n) is 3.33. The molecule has 0 heterocycles. The molecular weight excluding hydrogens is 228 g/mol. The fraction of sp³-hybridized carbons (Fsp3) is 0.400. The van der Waals surface area contributed by atoms with Crippen molar-refractivity contribution in [3.63, 3.8) is 0 Å². The minimum absolute atomic E-state index is 0.0805. The molecule has 0 aromatic heterocycles. The molecule has 0 bridgehead atoms. The van der Waals surface area contributed by atoms with E-state index in [4.69, 9.17) is 9.84 Å². The molecule has 0 spiro atoms. The van der Waals surface area contributed by atoms with E-state index in [1.165, 1.54) is 0 Å². The summed E-state index contributed by atoms with van der Waals surface area (Å²) in [5.74, 6) is -0.0187. The van der Waals surface area contributed by atoms with E-state index >= 15 is 0 Å². The predicted molar refractivity (Wildman–Crippen MR) is 70.6 cm³/mol. The fourth-order valence-corrected chi connectivity index (χ4v) is 2.29. The van der Waals surface area contributed by atoms with Gasteiger partial charge in [0.1, 0.15) is 11.4 Å². The zero-order valence-electron chi connectivity index (χ0n) is 10.6. The summed E-state index contributed by atoms with van der Waals surface area (Å²) in [5, 5.41) is 8.97. The number of carboxylic acids is 1. The second-order valence-electron chi connectivity index (χ2n) is 4.75. The summed E-state index contributed by atoms with van der Waals surface area (Å²) < 4.78 is 6.00. The van der Waals surface area contributed by atoms with Crippen LogP contribution in [0.2, 0.25) is 0 Å². The number of rotatable bonds is 5. The molecule has 0 amide bonds. The summed E-state index contributed by atoms with van der Waals surface area (Å²) in [6, 6.07) is 7.74. The molecular formula is C15H18O3. The van der Waals surface area contributed by atoms with Crippen molar-refractivity contribution in [3.8, 4) is 5.75 Å². The van der Waals surface area contributed by atoms with E-state index in [-0.39, 0.29) is 6.42 Å². The third kappa shape index (κ3) is 2.73. The topological polar surface area (TPSA) is 46.5 Å². The summed E-state index contributed by atoms with van der Waals surface area (Å²) in [7, 11) is 0. The van der Waals surface area contributed by atoms with Crippen LogP contribution in [0.25, 0.3) is 6.08 Å². The average molecular weight is 246 g/mol. The van der Waals surface area contributed by atoms with Gasteiger partial charge in [-0.1, -0.05) is 30.4 Å². The van der Waals surface area contributed by atoms with Crippen LogP contribution in [0.3, 0.4) is 0 Å². The van der Waals surface area contributed by atoms with E-state index in [0.717, 1.165) is 30.6 Å². The Morgan fingerprint density at radius 2 is 2.17 bits per heavy atom. The molecule has 3 heteroatoms. The van der Waals surface area contributed by atoms with Crippen molar-refractivity contribution < 1.29 is 14.6 Å². The van der Waals surface area contributed by atoms with E-state index in [9.17, 15) is 4.79 Å². The molecule has 1 aromatic carbocycles. The van der Waals surface area contributed by atoms with Crippen LogP contribution in [-0.4, -0.2) is 16.7 Å². The number of carbonyl (C=O) groups is 1. The van der Waals surface area contributed by atoms with Crippen molar-refractivity contribution in [2.45, 2.75) is 38.2 Å². The largest absolute Gasteiger partial charge is 0.486 e. The van der Waals surface area contributed by atoms with E-state index in [2.05, 4.69) is 0 Å². The lowest BCUT2D eigenvalue weighted by Crippen LogP contribution is -2.45. The zero-order valence-corrected chi connectivity index (χ0v) is 10.6. The van der Waals surface area contributed by atoms with Crippen LogP contribution >= 0.6 is 0 Å². The highest BCUT2D eigenvalue weighted by atomic mass is 16.5. The highest BCUT2D eigenvalue weighted by Crippen LogP contribution is 2.40. The van der Waals surface area contributed by atoms with E-state index < -0.39 is 11.6 Å². The van der Waals surface area contributed by atoms with E-state index in [0.29, 0.717) is 0 Å². The first-order valence-corrected chi connectivity index (χ1v) is 6.28. The molecule has 1 fully saturated rings. The van der Waals surface area contributed by atoms with Gasteiger partial charge in [-0.2, -0.15) is 0 Å². The third-order valence-corrected chi connectivity index (χ3v) is 3.33. The lowest BCUT2D eigenvalue weighted by Gasteiger charge is -2.41. The Kier molecular flexibility index (Phi) is 3.70. The maximum Gasteiger partial charge on any atom is 0.307 e. The van der Waals surface area contributed by atoms with Crippen LogP contribution in [0.15, 0.2) is 30.3 Å². The first kappa shape index (κ1) is 12.7. The Balaban J connectivity index is 2.19. The minimum Gasteiger partial charge on any atom is -0.486 e. The maximum absolute atomic E-state index is 10.9. The fourth-order valence-electron chi connectivity index (χ4n) is 2.29. The molecule has 1 saturated carbocycles. The Morgan fingerprint density at radius 1 is 1.44 bits per heavy atom. The molecule has 0 radical (unpaired) electrons. The van der Waals surface area contributed by atoms with Crippen LogP contribution in [-0.2, 0) is 4.79 Å². The second kappa shape index (κ2) is 5.25. The molecule has 18 heavy (non-hydrogen) atoms. The number of hydrogen-bond donors (Lipinski definition) is 1. The van der Waals surface area contributed by atoms with Gasteiger partial charge in [-0.3, -0.25) is 4.79 Å². The molecule has 3 nitrogen and oxygen atoms in total. The normalized spacial score (nSPS) is 17.4. The molecule has 0 saturated heterocycles. The SMILES string of the molecule is C/C=C/c1ccccc1OC1(CC(=O)O)CCC1. The number of ether oxygens (including phenoxy) is 1. The highest BCUT2D eigenvalue weighted by molar-refractivity contribution is 5.68. The maximum atomic E-state index is 10.9. The van der Waals surface area contributed by atoms with Crippen LogP contribution < -0.4 is 4.74 Å². The Labute approximate surface area is 107 Å². The summed E-state index contributed by atoms with van der Waals surface area (Å²) in [5.41, 5.74) is 0.500. The van der Waals surface area contributed by atoms with Gasteiger partial charge < -0.3 is 9.84 Å². The van der Waals surface area contributed by atoms with Gasteiger partial charge >= 0.3 is 5.97 Å². The molecule has 1 N–H and O–H groups in total. The predicted octanol–water partition coefficient (Wildman–Crippen LogP) is 3.50. The van der Waals surface area contributed by atoms with Gasteiger partial charge in [0.15, 0.2) is 0 Å². The number of aliphatic carboxylic acids is 1. The van der Waals surface area contributed by atoms with Crippen LogP contribution in [0.4, 0.5) is 0 Å². The number of para-hydroxylation sites is 1. The standard InChI is InChI=1S/C15H18O3/c1-2-6-12-7-3-4-8-13(12)18-15(9-5-10-15)11-14(16)17/h2-4,6-8H,5,9-11H2,1H3,(H,16,17)/b6-2+. The van der Waals surface area contributed by atoms with E-state index in [1.54, 1.807) is 0 Å². The van der Waals surface area contributed by atoms with Gasteiger partial charge in [0, 0.05) is 5.56 Å². The van der Waals surface area contributed by atoms with Crippen LogP contribution in [0.1, 0.15) is 38.2 Å². The van der Waals surface area contributed by atoms with Gasteiger partial charge in [0.25, 0.3) is 0 Å². The van der Waals surface area contributed by atoms with Crippen molar-refractivity contribution >= 4 is 12.0 Å². The Bertz CT molecular complexity index is 459. The Morgan fingerprint density at radius 3 is 2.72 bits per heavy atom. The zero-order chi connectivity index (χ0) is 13.0. The molecule has 1 aliphatic rings. The first-order valence-electron chi connectivity index (χ1n) is 6.28. The van der Waals surface area contributed by atoms with Gasteiger partial charge in [0.05, 0.1) is 6.42 Å². The molecule has 96 valence electrons. The van der Waals surface area contributed by atoms with Crippen LogP contribution in [0.5, 0.6) is 5.75 Å². The van der Waals surface area contributed by atoms with Crippen LogP contribution in [0, 0.1) is 0 Å². The molecule has 0 atom stereocenters. The van der Waals surface area contributed by atoms with E-state index in [1.807, 2.05) is 43.3 Å². The van der Waals surface area contributed by atoms with Crippen molar-refractivity contribution in [3.05, 3.63) is 35.9 Å². The average Bonchev–Trinajstić information content (AvgIpc) is 2.28. The Hall–Kier alpha value is -1.77. The lowest BCUT2D eigenvalue weighted by atomic mass is 9.77. The molecule has 2 rings (SSSR count). The lowest BCUT2D eigenvalue weighted by molar-refractivity contribution is -0.144. The summed E-state index contributed by atoms with van der Waals surface area (Å²) in [4.78, 5) is 10.9. The summed E-state index contributed by atoms with van der Waals surface area (Å²) >= 11 is 0.